The van der Waals surface area contributed by atoms with Gasteiger partial charge in [-0.25, -0.2) is 9.69 Å². The molecule has 1 heterocycles. The Morgan fingerprint density at radius 1 is 1.33 bits per heavy atom. The van der Waals surface area contributed by atoms with Crippen LogP contribution in [0.25, 0.3) is 0 Å². The average molecular weight is 213 g/mol. The van der Waals surface area contributed by atoms with Gasteiger partial charge in [-0.3, -0.25) is 10.2 Å². The molecule has 6 heteroatoms. The molecule has 0 radical (unpaired) electrons. The summed E-state index contributed by atoms with van der Waals surface area (Å²) in [4.78, 5) is 25.9. The second-order valence-corrected chi connectivity index (χ2v) is 3.42. The van der Waals surface area contributed by atoms with E-state index in [1.54, 1.807) is 6.92 Å². The number of rotatable bonds is 3. The van der Waals surface area contributed by atoms with Gasteiger partial charge in [0.05, 0.1) is 6.54 Å². The smallest absolute Gasteiger partial charge is 0.310 e. The van der Waals surface area contributed by atoms with Gasteiger partial charge in [0.15, 0.2) is 6.04 Å². The van der Waals surface area contributed by atoms with E-state index in [1.807, 2.05) is 6.92 Å². The molecule has 1 fully saturated rings. The first-order valence-electron chi connectivity index (χ1n) is 5.05. The fourth-order valence-electron chi connectivity index (χ4n) is 1.56. The molecule has 1 saturated heterocycles. The number of imide groups is 1. The number of amides is 3. The number of amidine groups is 1. The lowest BCUT2D eigenvalue weighted by Gasteiger charge is -2.31. The van der Waals surface area contributed by atoms with Crippen LogP contribution < -0.4 is 11.1 Å². The second-order valence-electron chi connectivity index (χ2n) is 3.42. The molecule has 0 aromatic heterocycles. The first-order valence-corrected chi connectivity index (χ1v) is 5.05. The summed E-state index contributed by atoms with van der Waals surface area (Å²) in [5.74, 6) is -0.274. The van der Waals surface area contributed by atoms with E-state index < -0.39 is 11.9 Å². The van der Waals surface area contributed by atoms with E-state index in [1.165, 1.54) is 4.90 Å². The number of nitrogens with two attached hydrogens (primary N) is 2. The Labute approximate surface area is 88.5 Å². The number of hydrogen-bond acceptors (Lipinski definition) is 3. The van der Waals surface area contributed by atoms with Gasteiger partial charge in [0.1, 0.15) is 0 Å². The molecule has 3 amide bonds. The molecular weight excluding hydrogens is 196 g/mol. The maximum absolute atomic E-state index is 11.8. The first-order chi connectivity index (χ1) is 7.04. The van der Waals surface area contributed by atoms with Crippen LogP contribution in [0.3, 0.4) is 0 Å². The molecule has 84 valence electrons. The number of likely N-dealkylation sites (N-methyl/N-ethyl adjacent to an activating group) is 1. The van der Waals surface area contributed by atoms with Crippen molar-refractivity contribution in [2.75, 3.05) is 13.1 Å². The number of carbonyl (C=O) groups is 2. The van der Waals surface area contributed by atoms with Gasteiger partial charge in [-0.2, -0.15) is 4.90 Å². The van der Waals surface area contributed by atoms with Crippen LogP contribution in [-0.2, 0) is 4.79 Å². The highest BCUT2D eigenvalue weighted by molar-refractivity contribution is 6.18. The van der Waals surface area contributed by atoms with Crippen molar-refractivity contribution in [1.29, 1.82) is 0 Å². The summed E-state index contributed by atoms with van der Waals surface area (Å²) >= 11 is 0. The molecule has 1 rings (SSSR count). The van der Waals surface area contributed by atoms with Crippen molar-refractivity contribution >= 4 is 17.8 Å². The highest BCUT2D eigenvalue weighted by Crippen LogP contribution is 2.10. The molecule has 0 aromatic carbocycles. The number of urea groups is 1. The van der Waals surface area contributed by atoms with Crippen LogP contribution in [0.2, 0.25) is 0 Å². The third-order valence-corrected chi connectivity index (χ3v) is 2.39. The monoisotopic (exact) mass is 213 g/mol. The molecule has 1 unspecified atom stereocenters. The zero-order chi connectivity index (χ0) is 11.6. The van der Waals surface area contributed by atoms with Crippen LogP contribution in [0.15, 0.2) is 0 Å². The summed E-state index contributed by atoms with van der Waals surface area (Å²) in [6, 6.07) is -1.27. The van der Waals surface area contributed by atoms with Crippen molar-refractivity contribution in [2.45, 2.75) is 26.3 Å². The van der Waals surface area contributed by atoms with Crippen molar-refractivity contribution in [3.05, 3.63) is 0 Å². The lowest BCUT2D eigenvalue weighted by molar-refractivity contribution is -0.144. The predicted octanol–water partition coefficient (Wildman–Crippen LogP) is -1.83. The Bertz CT molecular complexity index is 302. The molecule has 15 heavy (non-hydrogen) atoms. The first kappa shape index (κ1) is 11.6. The summed E-state index contributed by atoms with van der Waals surface area (Å²) < 4.78 is 0. The summed E-state index contributed by atoms with van der Waals surface area (Å²) in [5, 5.41) is 5.62. The fraction of sp³-hybridized carbons (Fsp3) is 0.667. The van der Waals surface area contributed by atoms with Gasteiger partial charge in [-0.15, -0.1) is 0 Å². The van der Waals surface area contributed by atoms with Crippen molar-refractivity contribution in [1.82, 2.24) is 9.80 Å². The summed E-state index contributed by atoms with van der Waals surface area (Å²) in [5.41, 5.74) is 5.62. The quantitative estimate of drug-likeness (QED) is 0.577. The van der Waals surface area contributed by atoms with Crippen LogP contribution in [0.4, 0.5) is 4.79 Å². The minimum absolute atomic E-state index is 0.139. The zero-order valence-electron chi connectivity index (χ0n) is 9.06. The van der Waals surface area contributed by atoms with Crippen LogP contribution >= 0.6 is 0 Å². The zero-order valence-corrected chi connectivity index (χ0v) is 9.06. The Hall–Kier alpha value is -1.43. The van der Waals surface area contributed by atoms with Gasteiger partial charge in [0.2, 0.25) is 0 Å². The minimum Gasteiger partial charge on any atom is -0.310 e. The lowest BCUT2D eigenvalue weighted by atomic mass is 10.1. The molecule has 4 N–H and O–H groups in total. The topological polar surface area (TPSA) is 92.2 Å². The van der Waals surface area contributed by atoms with Crippen molar-refractivity contribution < 1.29 is 15.0 Å². The third kappa shape index (κ3) is 1.85. The van der Waals surface area contributed by atoms with E-state index in [0.717, 1.165) is 4.90 Å². The summed E-state index contributed by atoms with van der Waals surface area (Å²) in [6.07, 6.45) is 0.710. The van der Waals surface area contributed by atoms with Crippen molar-refractivity contribution in [3.8, 4) is 0 Å². The number of hydrogen-bond donors (Lipinski definition) is 2. The van der Waals surface area contributed by atoms with Gasteiger partial charge in [-0.05, 0) is 13.3 Å². The second kappa shape index (κ2) is 4.39. The highest BCUT2D eigenvalue weighted by Gasteiger charge is 2.46. The van der Waals surface area contributed by atoms with E-state index in [0.29, 0.717) is 19.5 Å². The van der Waals surface area contributed by atoms with E-state index in [9.17, 15) is 9.59 Å². The third-order valence-electron chi connectivity index (χ3n) is 2.39. The van der Waals surface area contributed by atoms with E-state index in [2.05, 4.69) is 0 Å². The largest absolute Gasteiger partial charge is 0.417 e. The molecule has 1 atom stereocenters. The average Bonchev–Trinajstić information content (AvgIpc) is 2.22. The van der Waals surface area contributed by atoms with Crippen molar-refractivity contribution in [2.24, 2.45) is 5.73 Å². The Balaban J connectivity index is 2.95. The molecule has 0 spiro atoms. The maximum atomic E-state index is 11.8. The molecule has 0 aromatic rings. The van der Waals surface area contributed by atoms with E-state index >= 15 is 0 Å². The number of nitrogens with zero attached hydrogens (tertiary/aromatic N) is 2. The molecule has 0 bridgehead atoms. The molecule has 0 aliphatic carbocycles. The molecular formula is C9H17N4O2+. The molecule has 6 nitrogen and oxygen atoms in total. The number of carbonyl (C=O) groups excluding carboxylic acids is 2. The van der Waals surface area contributed by atoms with Crippen LogP contribution in [0.1, 0.15) is 20.3 Å². The summed E-state index contributed by atoms with van der Waals surface area (Å²) in [6.45, 7) is 4.49. The van der Waals surface area contributed by atoms with Crippen LogP contribution in [-0.4, -0.2) is 46.7 Å². The van der Waals surface area contributed by atoms with Crippen LogP contribution in [0, 0.1) is 0 Å². The van der Waals surface area contributed by atoms with Gasteiger partial charge < -0.3 is 5.73 Å². The lowest BCUT2D eigenvalue weighted by Crippen LogP contribution is -2.72. The van der Waals surface area contributed by atoms with Gasteiger partial charge in [-0.1, -0.05) is 6.92 Å². The van der Waals surface area contributed by atoms with Gasteiger partial charge in [0.25, 0.3) is 11.7 Å². The summed E-state index contributed by atoms with van der Waals surface area (Å²) in [7, 11) is 0. The van der Waals surface area contributed by atoms with E-state index in [4.69, 9.17) is 11.1 Å². The normalized spacial score (nSPS) is 22.6. The van der Waals surface area contributed by atoms with E-state index in [-0.39, 0.29) is 11.9 Å². The maximum Gasteiger partial charge on any atom is 0.417 e. The standard InChI is InChI=1S/C9H16N4O2/c1-3-5-13-8(14)6(10)7(11)12(4-2)9(13)15/h6,11H,3-5,10H2,1-2H3/p+1. The fourth-order valence-corrected chi connectivity index (χ4v) is 1.56. The Morgan fingerprint density at radius 3 is 2.40 bits per heavy atom. The van der Waals surface area contributed by atoms with Gasteiger partial charge in [0, 0.05) is 6.54 Å². The van der Waals surface area contributed by atoms with Crippen LogP contribution in [0.5, 0.6) is 0 Å². The predicted molar refractivity (Wildman–Crippen MR) is 54.7 cm³/mol. The van der Waals surface area contributed by atoms with Crippen molar-refractivity contribution in [3.63, 3.8) is 0 Å². The Kier molecular flexibility index (Phi) is 3.41. The Morgan fingerprint density at radius 2 is 1.93 bits per heavy atom. The molecule has 1 aliphatic heterocycles. The molecule has 0 saturated carbocycles. The SMILES string of the molecule is CCCN1C(=O)C(N)C(=[NH2+])N(CC)C1=O. The minimum atomic E-state index is -0.894. The van der Waals surface area contributed by atoms with Gasteiger partial charge >= 0.3 is 6.03 Å². The highest BCUT2D eigenvalue weighted by atomic mass is 16.2. The molecule has 1 aliphatic rings.